The molecule has 6 heteroatoms. The summed E-state index contributed by atoms with van der Waals surface area (Å²) in [7, 11) is 0. The van der Waals surface area contributed by atoms with Crippen LogP contribution in [0.2, 0.25) is 0 Å². The minimum atomic E-state index is -0.552. The van der Waals surface area contributed by atoms with Crippen LogP contribution in [0.3, 0.4) is 0 Å². The fourth-order valence-electron chi connectivity index (χ4n) is 2.03. The molecule has 1 aliphatic heterocycles. The van der Waals surface area contributed by atoms with Gasteiger partial charge in [-0.3, -0.25) is 14.6 Å². The topological polar surface area (TPSA) is 80.3 Å². The summed E-state index contributed by atoms with van der Waals surface area (Å²) < 4.78 is 5.50. The lowest BCUT2D eigenvalue weighted by Gasteiger charge is -2.25. The van der Waals surface area contributed by atoms with Gasteiger partial charge in [0.15, 0.2) is 6.10 Å². The molecule has 1 aromatic carbocycles. The van der Waals surface area contributed by atoms with Crippen molar-refractivity contribution in [2.45, 2.75) is 13.0 Å². The first-order chi connectivity index (χ1) is 10.1. The quantitative estimate of drug-likeness (QED) is 0.884. The van der Waals surface area contributed by atoms with Gasteiger partial charge in [-0.1, -0.05) is 6.07 Å². The van der Waals surface area contributed by atoms with Gasteiger partial charge in [0.05, 0.1) is 5.69 Å². The van der Waals surface area contributed by atoms with Crippen molar-refractivity contribution >= 4 is 23.2 Å². The van der Waals surface area contributed by atoms with Gasteiger partial charge in [-0.2, -0.15) is 0 Å². The van der Waals surface area contributed by atoms with Crippen LogP contribution in [0.5, 0.6) is 5.75 Å². The van der Waals surface area contributed by atoms with E-state index in [1.807, 2.05) is 0 Å². The van der Waals surface area contributed by atoms with E-state index in [1.165, 1.54) is 0 Å². The highest BCUT2D eigenvalue weighted by Gasteiger charge is 2.25. The molecule has 1 aliphatic rings. The van der Waals surface area contributed by atoms with E-state index in [-0.39, 0.29) is 11.8 Å². The molecule has 0 radical (unpaired) electrons. The fraction of sp³-hybridized carbons (Fsp3) is 0.133. The third kappa shape index (κ3) is 2.55. The maximum atomic E-state index is 12.2. The molecular formula is C15H13N3O3. The smallest absolute Gasteiger partial charge is 0.265 e. The molecule has 0 saturated heterocycles. The molecule has 106 valence electrons. The zero-order valence-electron chi connectivity index (χ0n) is 11.3. The summed E-state index contributed by atoms with van der Waals surface area (Å²) in [5.74, 6) is 0.0152. The second kappa shape index (κ2) is 5.24. The van der Waals surface area contributed by atoms with E-state index in [4.69, 9.17) is 4.74 Å². The van der Waals surface area contributed by atoms with Crippen LogP contribution in [0.25, 0.3) is 0 Å². The molecule has 1 aromatic heterocycles. The molecule has 1 atom stereocenters. The number of nitrogens with zero attached hydrogens (tertiary/aromatic N) is 1. The Balaban J connectivity index is 1.89. The zero-order chi connectivity index (χ0) is 14.8. The number of aromatic nitrogens is 1. The molecular weight excluding hydrogens is 270 g/mol. The number of fused-ring (bicyclic) bond motifs is 1. The Bertz CT molecular complexity index is 701. The predicted octanol–water partition coefficient (Wildman–Crippen LogP) is 2.05. The van der Waals surface area contributed by atoms with Crippen LogP contribution in [0.15, 0.2) is 42.7 Å². The van der Waals surface area contributed by atoms with E-state index in [9.17, 15) is 9.59 Å². The normalized spacial score (nSPS) is 16.4. The number of amides is 2. The summed E-state index contributed by atoms with van der Waals surface area (Å²) >= 11 is 0. The predicted molar refractivity (Wildman–Crippen MR) is 77.4 cm³/mol. The molecule has 0 spiro atoms. The fourth-order valence-corrected chi connectivity index (χ4v) is 2.03. The Morgan fingerprint density at radius 2 is 2.05 bits per heavy atom. The molecule has 2 amide bonds. The average Bonchev–Trinajstić information content (AvgIpc) is 2.50. The Morgan fingerprint density at radius 3 is 2.81 bits per heavy atom. The van der Waals surface area contributed by atoms with Gasteiger partial charge in [-0.15, -0.1) is 0 Å². The summed E-state index contributed by atoms with van der Waals surface area (Å²) in [6.07, 6.45) is 2.54. The second-order valence-electron chi connectivity index (χ2n) is 4.62. The molecule has 0 fully saturated rings. The van der Waals surface area contributed by atoms with Crippen LogP contribution in [0, 0.1) is 0 Å². The lowest BCUT2D eigenvalue weighted by molar-refractivity contribution is -0.122. The minimum Gasteiger partial charge on any atom is -0.479 e. The third-order valence-electron chi connectivity index (χ3n) is 3.14. The van der Waals surface area contributed by atoms with Crippen molar-refractivity contribution in [1.29, 1.82) is 0 Å². The van der Waals surface area contributed by atoms with Gasteiger partial charge in [-0.05, 0) is 31.2 Å². The minimum absolute atomic E-state index is 0.242. The third-order valence-corrected chi connectivity index (χ3v) is 3.14. The number of anilines is 2. The van der Waals surface area contributed by atoms with Gasteiger partial charge in [0.25, 0.3) is 11.8 Å². The first kappa shape index (κ1) is 13.1. The highest BCUT2D eigenvalue weighted by molar-refractivity contribution is 6.09. The van der Waals surface area contributed by atoms with Crippen molar-refractivity contribution in [3.63, 3.8) is 0 Å². The van der Waals surface area contributed by atoms with E-state index >= 15 is 0 Å². The van der Waals surface area contributed by atoms with E-state index in [1.54, 1.807) is 49.6 Å². The van der Waals surface area contributed by atoms with Gasteiger partial charge < -0.3 is 15.4 Å². The molecule has 6 nitrogen and oxygen atoms in total. The molecule has 21 heavy (non-hydrogen) atoms. The number of rotatable bonds is 2. The maximum absolute atomic E-state index is 12.2. The zero-order valence-corrected chi connectivity index (χ0v) is 11.3. The van der Waals surface area contributed by atoms with Crippen LogP contribution >= 0.6 is 0 Å². The van der Waals surface area contributed by atoms with Gasteiger partial charge >= 0.3 is 0 Å². The number of carbonyl (C=O) groups is 2. The van der Waals surface area contributed by atoms with Crippen LogP contribution in [-0.4, -0.2) is 22.9 Å². The van der Waals surface area contributed by atoms with Crippen molar-refractivity contribution in [3.8, 4) is 5.75 Å². The monoisotopic (exact) mass is 283 g/mol. The maximum Gasteiger partial charge on any atom is 0.265 e. The van der Waals surface area contributed by atoms with Crippen LogP contribution in [0.1, 0.15) is 17.3 Å². The van der Waals surface area contributed by atoms with Crippen molar-refractivity contribution in [3.05, 3.63) is 48.3 Å². The highest BCUT2D eigenvalue weighted by atomic mass is 16.5. The molecule has 2 N–H and O–H groups in total. The first-order valence-electron chi connectivity index (χ1n) is 6.47. The summed E-state index contributed by atoms with van der Waals surface area (Å²) in [4.78, 5) is 27.7. The first-order valence-corrected chi connectivity index (χ1v) is 6.47. The Hall–Kier alpha value is -2.89. The number of hydrogen-bond acceptors (Lipinski definition) is 4. The largest absolute Gasteiger partial charge is 0.479 e. The number of benzene rings is 1. The summed E-state index contributed by atoms with van der Waals surface area (Å²) in [5.41, 5.74) is 1.46. The summed E-state index contributed by atoms with van der Waals surface area (Å²) in [5, 5.41) is 5.50. The molecule has 0 aliphatic carbocycles. The Kier molecular flexibility index (Phi) is 3.27. The summed E-state index contributed by atoms with van der Waals surface area (Å²) in [6.45, 7) is 1.67. The number of nitrogens with one attached hydrogen (secondary N) is 2. The van der Waals surface area contributed by atoms with Crippen molar-refractivity contribution in [1.82, 2.24) is 4.98 Å². The molecule has 0 saturated carbocycles. The van der Waals surface area contributed by atoms with E-state index in [0.717, 1.165) is 0 Å². The number of pyridine rings is 1. The average molecular weight is 283 g/mol. The Labute approximate surface area is 121 Å². The van der Waals surface area contributed by atoms with E-state index in [0.29, 0.717) is 22.7 Å². The van der Waals surface area contributed by atoms with Gasteiger partial charge in [0, 0.05) is 18.0 Å². The lowest BCUT2D eigenvalue weighted by Crippen LogP contribution is -2.34. The Morgan fingerprint density at radius 1 is 1.29 bits per heavy atom. The van der Waals surface area contributed by atoms with Crippen molar-refractivity contribution in [2.75, 3.05) is 10.6 Å². The van der Waals surface area contributed by atoms with Gasteiger partial charge in [-0.25, -0.2) is 0 Å². The second-order valence-corrected chi connectivity index (χ2v) is 4.62. The summed E-state index contributed by atoms with van der Waals surface area (Å²) in [6, 6.07) is 8.43. The number of para-hydroxylation sites is 1. The van der Waals surface area contributed by atoms with E-state index in [2.05, 4.69) is 15.6 Å². The molecule has 1 unspecified atom stereocenters. The standard InChI is InChI=1S/C15H13N3O3/c1-9-14(19)18-13-11(3-2-4-12(13)21-9)17-15(20)10-5-7-16-8-6-10/h2-9H,1H3,(H,17,20)(H,18,19). The lowest BCUT2D eigenvalue weighted by atomic mass is 10.2. The number of carbonyl (C=O) groups excluding carboxylic acids is 2. The van der Waals surface area contributed by atoms with Crippen LogP contribution in [-0.2, 0) is 4.79 Å². The molecule has 3 rings (SSSR count). The van der Waals surface area contributed by atoms with Gasteiger partial charge in [0.2, 0.25) is 0 Å². The van der Waals surface area contributed by atoms with Crippen molar-refractivity contribution < 1.29 is 14.3 Å². The highest BCUT2D eigenvalue weighted by Crippen LogP contribution is 2.36. The SMILES string of the molecule is CC1Oc2cccc(NC(=O)c3ccncc3)c2NC1=O. The van der Waals surface area contributed by atoms with Crippen molar-refractivity contribution in [2.24, 2.45) is 0 Å². The van der Waals surface area contributed by atoms with Crippen LogP contribution in [0.4, 0.5) is 11.4 Å². The number of hydrogen-bond donors (Lipinski definition) is 2. The van der Waals surface area contributed by atoms with Gasteiger partial charge in [0.1, 0.15) is 11.4 Å². The van der Waals surface area contributed by atoms with E-state index < -0.39 is 6.10 Å². The molecule has 2 heterocycles. The van der Waals surface area contributed by atoms with Crippen LogP contribution < -0.4 is 15.4 Å². The number of ether oxygens (including phenoxy) is 1. The molecule has 2 aromatic rings. The molecule has 0 bridgehead atoms.